The number of amides is 2. The van der Waals surface area contributed by atoms with Crippen LogP contribution in [0.15, 0.2) is 24.3 Å². The first-order valence-corrected chi connectivity index (χ1v) is 7.15. The molecule has 2 amide bonds. The molecule has 0 saturated carbocycles. The Morgan fingerprint density at radius 2 is 1.95 bits per heavy atom. The van der Waals surface area contributed by atoms with Gasteiger partial charge in [0.05, 0.1) is 6.10 Å². The minimum Gasteiger partial charge on any atom is -0.376 e. The monoisotopic (exact) mass is 310 g/mol. The van der Waals surface area contributed by atoms with Crippen molar-refractivity contribution in [1.29, 1.82) is 0 Å². The highest BCUT2D eigenvalue weighted by molar-refractivity contribution is 5.91. The van der Waals surface area contributed by atoms with Crippen LogP contribution in [0.1, 0.15) is 12.8 Å². The van der Waals surface area contributed by atoms with Crippen LogP contribution in [0.4, 0.5) is 10.1 Å². The lowest BCUT2D eigenvalue weighted by atomic mass is 10.2. The van der Waals surface area contributed by atoms with E-state index in [0.717, 1.165) is 19.4 Å². The van der Waals surface area contributed by atoms with Gasteiger partial charge in [0.1, 0.15) is 19.0 Å². The molecule has 0 aliphatic carbocycles. The second-order valence-electron chi connectivity index (χ2n) is 4.99. The van der Waals surface area contributed by atoms with Gasteiger partial charge in [-0.25, -0.2) is 4.39 Å². The molecule has 1 aromatic rings. The Kier molecular flexibility index (Phi) is 6.29. The summed E-state index contributed by atoms with van der Waals surface area (Å²) in [6, 6.07) is 5.38. The van der Waals surface area contributed by atoms with Crippen LogP contribution in [-0.2, 0) is 19.1 Å². The van der Waals surface area contributed by atoms with E-state index >= 15 is 0 Å². The molecule has 0 radical (unpaired) electrons. The molecule has 2 rings (SSSR count). The van der Waals surface area contributed by atoms with Crippen molar-refractivity contribution in [2.45, 2.75) is 18.9 Å². The van der Waals surface area contributed by atoms with Crippen molar-refractivity contribution in [1.82, 2.24) is 5.32 Å². The third kappa shape index (κ3) is 5.79. The van der Waals surface area contributed by atoms with Crippen LogP contribution in [0.5, 0.6) is 0 Å². The van der Waals surface area contributed by atoms with Gasteiger partial charge in [0.2, 0.25) is 11.8 Å². The van der Waals surface area contributed by atoms with Crippen molar-refractivity contribution in [3.63, 3.8) is 0 Å². The molecule has 22 heavy (non-hydrogen) atoms. The maximum atomic E-state index is 12.7. The number of benzene rings is 1. The Morgan fingerprint density at radius 1 is 1.23 bits per heavy atom. The number of carbonyl (C=O) groups is 2. The second kappa shape index (κ2) is 8.45. The first kappa shape index (κ1) is 16.4. The normalized spacial score (nSPS) is 17.2. The molecule has 0 spiro atoms. The summed E-state index contributed by atoms with van der Waals surface area (Å²) in [5, 5.41) is 5.23. The zero-order valence-corrected chi connectivity index (χ0v) is 12.1. The topological polar surface area (TPSA) is 76.7 Å². The van der Waals surface area contributed by atoms with E-state index in [4.69, 9.17) is 9.47 Å². The van der Waals surface area contributed by atoms with Crippen LogP contribution in [0.2, 0.25) is 0 Å². The smallest absolute Gasteiger partial charge is 0.250 e. The van der Waals surface area contributed by atoms with E-state index < -0.39 is 5.91 Å². The largest absolute Gasteiger partial charge is 0.376 e. The van der Waals surface area contributed by atoms with Gasteiger partial charge in [-0.1, -0.05) is 0 Å². The van der Waals surface area contributed by atoms with E-state index in [1.807, 2.05) is 0 Å². The summed E-state index contributed by atoms with van der Waals surface area (Å²) in [7, 11) is 0. The number of ether oxygens (including phenoxy) is 2. The first-order chi connectivity index (χ1) is 10.6. The number of anilines is 1. The van der Waals surface area contributed by atoms with Gasteiger partial charge in [-0.15, -0.1) is 0 Å². The number of rotatable bonds is 7. The highest BCUT2D eigenvalue weighted by Gasteiger charge is 2.16. The summed E-state index contributed by atoms with van der Waals surface area (Å²) in [5.41, 5.74) is 0.470. The van der Waals surface area contributed by atoms with E-state index in [1.165, 1.54) is 24.3 Å². The zero-order chi connectivity index (χ0) is 15.8. The highest BCUT2D eigenvalue weighted by atomic mass is 19.1. The third-order valence-electron chi connectivity index (χ3n) is 3.15. The van der Waals surface area contributed by atoms with Crippen LogP contribution < -0.4 is 10.6 Å². The fraction of sp³-hybridized carbons (Fsp3) is 0.467. The summed E-state index contributed by atoms with van der Waals surface area (Å²) < 4.78 is 23.1. The van der Waals surface area contributed by atoms with E-state index in [1.54, 1.807) is 0 Å². The van der Waals surface area contributed by atoms with Gasteiger partial charge >= 0.3 is 0 Å². The first-order valence-electron chi connectivity index (χ1n) is 7.15. The molecule has 1 aromatic carbocycles. The maximum Gasteiger partial charge on any atom is 0.250 e. The number of halogens is 1. The van der Waals surface area contributed by atoms with Crippen LogP contribution in [0, 0.1) is 5.82 Å². The van der Waals surface area contributed by atoms with Crippen molar-refractivity contribution in [2.24, 2.45) is 0 Å². The molecule has 1 saturated heterocycles. The fourth-order valence-electron chi connectivity index (χ4n) is 2.05. The molecule has 7 heteroatoms. The van der Waals surface area contributed by atoms with Gasteiger partial charge in [0.25, 0.3) is 0 Å². The van der Waals surface area contributed by atoms with Crippen LogP contribution >= 0.6 is 0 Å². The predicted octanol–water partition coefficient (Wildman–Crippen LogP) is 1.08. The van der Waals surface area contributed by atoms with Crippen LogP contribution in [0.25, 0.3) is 0 Å². The number of hydrogen-bond acceptors (Lipinski definition) is 4. The summed E-state index contributed by atoms with van der Waals surface area (Å²) in [4.78, 5) is 23.1. The van der Waals surface area contributed by atoms with E-state index in [-0.39, 0.29) is 31.0 Å². The van der Waals surface area contributed by atoms with E-state index in [9.17, 15) is 14.0 Å². The van der Waals surface area contributed by atoms with Crippen molar-refractivity contribution in [2.75, 3.05) is 31.7 Å². The van der Waals surface area contributed by atoms with E-state index in [0.29, 0.717) is 12.2 Å². The van der Waals surface area contributed by atoms with Crippen LogP contribution in [0.3, 0.4) is 0 Å². The van der Waals surface area contributed by atoms with Crippen molar-refractivity contribution < 1.29 is 23.5 Å². The Labute approximate surface area is 128 Å². The van der Waals surface area contributed by atoms with Gasteiger partial charge in [-0.2, -0.15) is 0 Å². The van der Waals surface area contributed by atoms with Crippen LogP contribution in [-0.4, -0.2) is 44.3 Å². The summed E-state index contributed by atoms with van der Waals surface area (Å²) in [6.07, 6.45) is 2.03. The fourth-order valence-corrected chi connectivity index (χ4v) is 2.05. The molecule has 1 atom stereocenters. The predicted molar refractivity (Wildman–Crippen MR) is 77.8 cm³/mol. The lowest BCUT2D eigenvalue weighted by molar-refractivity contribution is -0.129. The van der Waals surface area contributed by atoms with Crippen molar-refractivity contribution in [3.8, 4) is 0 Å². The Morgan fingerprint density at radius 3 is 2.64 bits per heavy atom. The maximum absolute atomic E-state index is 12.7. The molecule has 0 bridgehead atoms. The summed E-state index contributed by atoms with van der Waals surface area (Å²) >= 11 is 0. The Bertz CT molecular complexity index is 501. The number of nitrogens with one attached hydrogen (secondary N) is 2. The molecule has 6 nitrogen and oxygen atoms in total. The van der Waals surface area contributed by atoms with Gasteiger partial charge in [-0.05, 0) is 37.1 Å². The molecule has 120 valence electrons. The molecule has 1 aliphatic heterocycles. The van der Waals surface area contributed by atoms with Gasteiger partial charge in [-0.3, -0.25) is 9.59 Å². The molecule has 0 unspecified atom stereocenters. The molecular formula is C15H19FN2O4. The molecule has 1 heterocycles. The standard InChI is InChI=1S/C15H19FN2O4/c16-11-3-5-12(6-4-11)18-15(20)10-21-9-14(19)17-8-13-2-1-7-22-13/h3-6,13H,1-2,7-10H2,(H,17,19)(H,18,20)/t13-/m1/s1. The minimum atomic E-state index is -0.404. The molecule has 1 fully saturated rings. The van der Waals surface area contributed by atoms with E-state index in [2.05, 4.69) is 10.6 Å². The Balaban J connectivity index is 1.57. The molecular weight excluding hydrogens is 291 g/mol. The second-order valence-corrected chi connectivity index (χ2v) is 4.99. The van der Waals surface area contributed by atoms with Gasteiger partial charge < -0.3 is 20.1 Å². The summed E-state index contributed by atoms with van der Waals surface area (Å²) in [6.45, 7) is 0.763. The highest BCUT2D eigenvalue weighted by Crippen LogP contribution is 2.10. The van der Waals surface area contributed by atoms with Crippen molar-refractivity contribution >= 4 is 17.5 Å². The third-order valence-corrected chi connectivity index (χ3v) is 3.15. The SMILES string of the molecule is O=C(COCC(=O)Nc1ccc(F)cc1)NC[C@H]1CCCO1. The molecule has 2 N–H and O–H groups in total. The van der Waals surface area contributed by atoms with Crippen molar-refractivity contribution in [3.05, 3.63) is 30.1 Å². The lowest BCUT2D eigenvalue weighted by Crippen LogP contribution is -2.35. The average Bonchev–Trinajstić information content (AvgIpc) is 3.01. The van der Waals surface area contributed by atoms with Gasteiger partial charge in [0, 0.05) is 18.8 Å². The summed E-state index contributed by atoms with van der Waals surface area (Å²) in [5.74, 6) is -1.07. The number of carbonyl (C=O) groups excluding carboxylic acids is 2. The minimum absolute atomic E-state index is 0.0747. The molecule has 1 aliphatic rings. The zero-order valence-electron chi connectivity index (χ0n) is 12.1. The van der Waals surface area contributed by atoms with Gasteiger partial charge in [0.15, 0.2) is 0 Å². The average molecular weight is 310 g/mol. The Hall–Kier alpha value is -1.99. The molecule has 0 aromatic heterocycles. The quantitative estimate of drug-likeness (QED) is 0.790. The number of hydrogen-bond donors (Lipinski definition) is 2. The lowest BCUT2D eigenvalue weighted by Gasteiger charge is -2.11.